The zero-order chi connectivity index (χ0) is 18.5. The lowest BCUT2D eigenvalue weighted by molar-refractivity contribution is 0.473. The molecule has 1 fully saturated rings. The smallest absolute Gasteiger partial charge is 0.295 e. The molecule has 0 saturated carbocycles. The Bertz CT molecular complexity index is 1130. The molecule has 0 spiro atoms. The lowest BCUT2D eigenvalue weighted by atomic mass is 9.99. The van der Waals surface area contributed by atoms with E-state index in [1.807, 2.05) is 30.3 Å². The SMILES string of the molecule is Cn1c(=O)n(C)c2cc(S(=O)(=O)N3CC[C@@H](c4ccccc4)C3)ccc21. The molecule has 136 valence electrons. The van der Waals surface area contributed by atoms with Gasteiger partial charge in [-0.3, -0.25) is 9.13 Å². The molecule has 0 unspecified atom stereocenters. The standard InChI is InChI=1S/C19H21N3O3S/c1-20-17-9-8-16(12-18(17)21(2)19(20)23)26(24,25)22-11-10-15(13-22)14-6-4-3-5-7-14/h3-9,12,15H,10-11,13H2,1-2H3/t15-/m1/s1. The molecular weight excluding hydrogens is 350 g/mol. The molecule has 1 aliphatic heterocycles. The third kappa shape index (κ3) is 2.59. The molecule has 4 rings (SSSR count). The largest absolute Gasteiger partial charge is 0.328 e. The fraction of sp³-hybridized carbons (Fsp3) is 0.316. The van der Waals surface area contributed by atoms with Gasteiger partial charge < -0.3 is 0 Å². The summed E-state index contributed by atoms with van der Waals surface area (Å²) in [4.78, 5) is 12.3. The van der Waals surface area contributed by atoms with Crippen molar-refractivity contribution in [2.24, 2.45) is 14.1 Å². The summed E-state index contributed by atoms with van der Waals surface area (Å²) in [5, 5.41) is 0. The second-order valence-corrected chi connectivity index (χ2v) is 8.75. The van der Waals surface area contributed by atoms with Gasteiger partial charge in [0, 0.05) is 27.2 Å². The summed E-state index contributed by atoms with van der Waals surface area (Å²) >= 11 is 0. The highest BCUT2D eigenvalue weighted by Crippen LogP contribution is 2.31. The Hall–Kier alpha value is -2.38. The van der Waals surface area contributed by atoms with Crippen molar-refractivity contribution in [3.8, 4) is 0 Å². The van der Waals surface area contributed by atoms with Crippen LogP contribution in [0.2, 0.25) is 0 Å². The number of fused-ring (bicyclic) bond motifs is 1. The Labute approximate surface area is 152 Å². The Balaban J connectivity index is 1.68. The monoisotopic (exact) mass is 371 g/mol. The zero-order valence-electron chi connectivity index (χ0n) is 14.8. The highest BCUT2D eigenvalue weighted by Gasteiger charge is 2.33. The van der Waals surface area contributed by atoms with Crippen LogP contribution in [0.4, 0.5) is 0 Å². The predicted molar refractivity (Wildman–Crippen MR) is 101 cm³/mol. The number of nitrogens with zero attached hydrogens (tertiary/aromatic N) is 3. The average molecular weight is 371 g/mol. The van der Waals surface area contributed by atoms with Gasteiger partial charge in [0.1, 0.15) is 0 Å². The van der Waals surface area contributed by atoms with E-state index in [0.717, 1.165) is 11.9 Å². The van der Waals surface area contributed by atoms with Crippen molar-refractivity contribution < 1.29 is 8.42 Å². The van der Waals surface area contributed by atoms with E-state index >= 15 is 0 Å². The molecule has 7 heteroatoms. The summed E-state index contributed by atoms with van der Waals surface area (Å²) in [6.07, 6.45) is 0.815. The number of hydrogen-bond acceptors (Lipinski definition) is 3. The van der Waals surface area contributed by atoms with Gasteiger partial charge in [0.2, 0.25) is 10.0 Å². The molecule has 2 heterocycles. The van der Waals surface area contributed by atoms with Gasteiger partial charge in [-0.15, -0.1) is 0 Å². The van der Waals surface area contributed by atoms with Gasteiger partial charge in [-0.2, -0.15) is 4.31 Å². The van der Waals surface area contributed by atoms with E-state index < -0.39 is 10.0 Å². The third-order valence-electron chi connectivity index (χ3n) is 5.30. The van der Waals surface area contributed by atoms with Crippen LogP contribution < -0.4 is 5.69 Å². The molecule has 1 saturated heterocycles. The van der Waals surface area contributed by atoms with Crippen LogP contribution in [-0.4, -0.2) is 34.9 Å². The minimum absolute atomic E-state index is 0.167. The van der Waals surface area contributed by atoms with E-state index in [2.05, 4.69) is 0 Å². The first-order valence-corrected chi connectivity index (χ1v) is 10.0. The first-order chi connectivity index (χ1) is 12.4. The average Bonchev–Trinajstić information content (AvgIpc) is 3.24. The quantitative estimate of drug-likeness (QED) is 0.708. The molecule has 1 aliphatic rings. The van der Waals surface area contributed by atoms with Crippen LogP contribution in [0.3, 0.4) is 0 Å². The minimum atomic E-state index is -3.58. The van der Waals surface area contributed by atoms with Gasteiger partial charge in [-0.05, 0) is 36.1 Å². The third-order valence-corrected chi connectivity index (χ3v) is 7.16. The lowest BCUT2D eigenvalue weighted by Crippen LogP contribution is -2.28. The molecule has 1 atom stereocenters. The maximum absolute atomic E-state index is 13.1. The Morgan fingerprint density at radius 1 is 0.962 bits per heavy atom. The molecule has 26 heavy (non-hydrogen) atoms. The Morgan fingerprint density at radius 2 is 1.65 bits per heavy atom. The van der Waals surface area contributed by atoms with E-state index in [1.165, 1.54) is 14.7 Å². The first-order valence-electron chi connectivity index (χ1n) is 8.60. The van der Waals surface area contributed by atoms with Gasteiger partial charge in [0.15, 0.2) is 0 Å². The Morgan fingerprint density at radius 3 is 2.38 bits per heavy atom. The molecule has 0 radical (unpaired) electrons. The van der Waals surface area contributed by atoms with Gasteiger partial charge >= 0.3 is 5.69 Å². The molecular formula is C19H21N3O3S. The van der Waals surface area contributed by atoms with Crippen LogP contribution in [0.25, 0.3) is 11.0 Å². The van der Waals surface area contributed by atoms with E-state index in [9.17, 15) is 13.2 Å². The van der Waals surface area contributed by atoms with Gasteiger partial charge in [0.05, 0.1) is 15.9 Å². The van der Waals surface area contributed by atoms with E-state index in [4.69, 9.17) is 0 Å². The van der Waals surface area contributed by atoms with Crippen molar-refractivity contribution in [1.29, 1.82) is 0 Å². The summed E-state index contributed by atoms with van der Waals surface area (Å²) in [5.41, 5.74) is 2.35. The molecule has 0 bridgehead atoms. The fourth-order valence-corrected chi connectivity index (χ4v) is 5.26. The maximum Gasteiger partial charge on any atom is 0.328 e. The number of hydrogen-bond donors (Lipinski definition) is 0. The molecule has 0 N–H and O–H groups in total. The van der Waals surface area contributed by atoms with E-state index in [0.29, 0.717) is 18.6 Å². The van der Waals surface area contributed by atoms with Crippen molar-refractivity contribution in [1.82, 2.24) is 13.4 Å². The zero-order valence-corrected chi connectivity index (χ0v) is 15.6. The fourth-order valence-electron chi connectivity index (χ4n) is 3.74. The van der Waals surface area contributed by atoms with Crippen LogP contribution in [-0.2, 0) is 24.1 Å². The van der Waals surface area contributed by atoms with Crippen molar-refractivity contribution in [2.75, 3.05) is 13.1 Å². The summed E-state index contributed by atoms with van der Waals surface area (Å²) in [5.74, 6) is 0.218. The van der Waals surface area contributed by atoms with Gasteiger partial charge in [0.25, 0.3) is 0 Å². The van der Waals surface area contributed by atoms with Crippen LogP contribution in [0.1, 0.15) is 17.9 Å². The molecule has 2 aromatic carbocycles. The maximum atomic E-state index is 13.1. The van der Waals surface area contributed by atoms with Crippen LogP contribution >= 0.6 is 0 Å². The van der Waals surface area contributed by atoms with E-state index in [-0.39, 0.29) is 16.5 Å². The van der Waals surface area contributed by atoms with Crippen LogP contribution in [0.15, 0.2) is 58.2 Å². The summed E-state index contributed by atoms with van der Waals surface area (Å²) in [6, 6.07) is 14.9. The first kappa shape index (κ1) is 17.1. The van der Waals surface area contributed by atoms with E-state index in [1.54, 1.807) is 36.6 Å². The summed E-state index contributed by atoms with van der Waals surface area (Å²) in [6.45, 7) is 0.992. The topological polar surface area (TPSA) is 64.3 Å². The summed E-state index contributed by atoms with van der Waals surface area (Å²) in [7, 11) is -0.243. The highest BCUT2D eigenvalue weighted by molar-refractivity contribution is 7.89. The van der Waals surface area contributed by atoms with Crippen LogP contribution in [0, 0.1) is 0 Å². The number of aromatic nitrogens is 2. The second-order valence-electron chi connectivity index (χ2n) is 6.81. The normalized spacial score (nSPS) is 18.6. The number of imidazole rings is 1. The Kier molecular flexibility index (Phi) is 4.00. The molecule has 0 aliphatic carbocycles. The van der Waals surface area contributed by atoms with Crippen molar-refractivity contribution >= 4 is 21.1 Å². The highest BCUT2D eigenvalue weighted by atomic mass is 32.2. The van der Waals surface area contributed by atoms with Gasteiger partial charge in [-0.1, -0.05) is 30.3 Å². The molecule has 3 aromatic rings. The molecule has 0 amide bonds. The number of benzene rings is 2. The molecule has 1 aromatic heterocycles. The predicted octanol–water partition coefficient (Wildman–Crippen LogP) is 2.06. The minimum Gasteiger partial charge on any atom is -0.295 e. The molecule has 6 nitrogen and oxygen atoms in total. The number of aryl methyl sites for hydroxylation is 2. The number of rotatable bonds is 3. The van der Waals surface area contributed by atoms with Crippen LogP contribution in [0.5, 0.6) is 0 Å². The van der Waals surface area contributed by atoms with Crippen molar-refractivity contribution in [3.63, 3.8) is 0 Å². The summed E-state index contributed by atoms with van der Waals surface area (Å²) < 4.78 is 30.7. The van der Waals surface area contributed by atoms with Crippen molar-refractivity contribution in [3.05, 3.63) is 64.6 Å². The lowest BCUT2D eigenvalue weighted by Gasteiger charge is -2.17. The number of sulfonamides is 1. The van der Waals surface area contributed by atoms with Gasteiger partial charge in [-0.25, -0.2) is 13.2 Å². The van der Waals surface area contributed by atoms with Crippen molar-refractivity contribution in [2.45, 2.75) is 17.2 Å². The second kappa shape index (κ2) is 6.10.